The minimum atomic E-state index is 0.256. The van der Waals surface area contributed by atoms with Crippen molar-refractivity contribution in [2.75, 3.05) is 5.73 Å². The summed E-state index contributed by atoms with van der Waals surface area (Å²) in [6.07, 6.45) is 3.62. The van der Waals surface area contributed by atoms with Gasteiger partial charge in [0.15, 0.2) is 5.82 Å². The first-order valence-corrected chi connectivity index (χ1v) is 7.53. The maximum atomic E-state index is 6.02. The Hall–Kier alpha value is -2.01. The van der Waals surface area contributed by atoms with Crippen LogP contribution in [0.1, 0.15) is 25.5 Å². The van der Waals surface area contributed by atoms with Crippen LogP contribution in [0.25, 0.3) is 22.2 Å². The van der Waals surface area contributed by atoms with Crippen molar-refractivity contribution in [3.8, 4) is 11.4 Å². The fourth-order valence-corrected chi connectivity index (χ4v) is 2.92. The summed E-state index contributed by atoms with van der Waals surface area (Å²) in [4.78, 5) is 13.4. The van der Waals surface area contributed by atoms with Gasteiger partial charge in [0.25, 0.3) is 0 Å². The summed E-state index contributed by atoms with van der Waals surface area (Å²) in [5.74, 6) is 1.33. The quantitative estimate of drug-likeness (QED) is 0.759. The fraction of sp³-hybridized carbons (Fsp3) is 0.188. The molecule has 0 aliphatic heterocycles. The van der Waals surface area contributed by atoms with Crippen LogP contribution in [-0.2, 0) is 0 Å². The molecule has 0 saturated heterocycles. The van der Waals surface area contributed by atoms with E-state index in [9.17, 15) is 0 Å². The van der Waals surface area contributed by atoms with Gasteiger partial charge < -0.3 is 5.73 Å². The third kappa shape index (κ3) is 2.49. The lowest BCUT2D eigenvalue weighted by Gasteiger charge is -2.12. The van der Waals surface area contributed by atoms with E-state index in [0.717, 1.165) is 26.5 Å². The summed E-state index contributed by atoms with van der Waals surface area (Å²) in [6, 6.07) is 8.06. The molecule has 0 fully saturated rings. The molecule has 1 aromatic carbocycles. The van der Waals surface area contributed by atoms with Crippen LogP contribution in [0.5, 0.6) is 0 Å². The molecule has 0 atom stereocenters. The van der Waals surface area contributed by atoms with Crippen molar-refractivity contribution in [1.29, 1.82) is 0 Å². The molecule has 2 aromatic heterocycles. The average Bonchev–Trinajstić information content (AvgIpc) is 2.49. The first kappa shape index (κ1) is 13.9. The van der Waals surface area contributed by atoms with Gasteiger partial charge in [0, 0.05) is 23.3 Å². The van der Waals surface area contributed by atoms with Crippen LogP contribution in [0.4, 0.5) is 5.82 Å². The Bertz CT molecular complexity index is 809. The number of fused-ring (bicyclic) bond motifs is 1. The van der Waals surface area contributed by atoms with Gasteiger partial charge in [-0.3, -0.25) is 4.98 Å². The number of halogens is 1. The van der Waals surface area contributed by atoms with Crippen molar-refractivity contribution in [2.24, 2.45) is 0 Å². The predicted molar refractivity (Wildman–Crippen MR) is 89.0 cm³/mol. The Kier molecular flexibility index (Phi) is 3.59. The second-order valence-corrected chi connectivity index (χ2v) is 5.99. The van der Waals surface area contributed by atoms with Gasteiger partial charge in [-0.1, -0.05) is 38.1 Å². The van der Waals surface area contributed by atoms with Crippen molar-refractivity contribution in [3.63, 3.8) is 0 Å². The Balaban J connectivity index is 2.28. The smallest absolute Gasteiger partial charge is 0.164 e. The van der Waals surface area contributed by atoms with E-state index in [1.165, 1.54) is 0 Å². The molecule has 3 aromatic rings. The van der Waals surface area contributed by atoms with Crippen LogP contribution in [0.15, 0.2) is 41.1 Å². The highest BCUT2D eigenvalue weighted by molar-refractivity contribution is 9.10. The molecule has 0 aliphatic carbocycles. The molecule has 4 nitrogen and oxygen atoms in total. The van der Waals surface area contributed by atoms with E-state index < -0.39 is 0 Å². The number of benzene rings is 1. The Morgan fingerprint density at radius 2 is 1.86 bits per heavy atom. The number of anilines is 1. The van der Waals surface area contributed by atoms with Crippen molar-refractivity contribution < 1.29 is 0 Å². The molecule has 5 heteroatoms. The molecule has 106 valence electrons. The van der Waals surface area contributed by atoms with Crippen molar-refractivity contribution in [1.82, 2.24) is 15.0 Å². The molecule has 0 amide bonds. The molecular formula is C16H15BrN4. The third-order valence-electron chi connectivity index (χ3n) is 3.36. The number of nitrogen functional groups attached to an aromatic ring is 1. The zero-order valence-corrected chi connectivity index (χ0v) is 13.4. The summed E-state index contributed by atoms with van der Waals surface area (Å²) in [5, 5.41) is 2.13. The molecule has 0 saturated carbocycles. The molecule has 0 spiro atoms. The van der Waals surface area contributed by atoms with Crippen molar-refractivity contribution >= 4 is 32.5 Å². The average molecular weight is 343 g/mol. The SMILES string of the molecule is CC(C)c1nc(-c2cncc3ccccc23)nc(N)c1Br. The largest absolute Gasteiger partial charge is 0.383 e. The highest BCUT2D eigenvalue weighted by Gasteiger charge is 2.15. The molecular weight excluding hydrogens is 328 g/mol. The zero-order valence-electron chi connectivity index (χ0n) is 11.8. The number of nitrogens with two attached hydrogens (primary N) is 1. The van der Waals surface area contributed by atoms with Crippen LogP contribution in [0, 0.1) is 0 Å². The standard InChI is InChI=1S/C16H15BrN4/c1-9(2)14-13(17)15(18)21-16(20-14)12-8-19-7-10-5-3-4-6-11(10)12/h3-9H,1-2H3,(H2,18,20,21). The van der Waals surface area contributed by atoms with Gasteiger partial charge in [0.05, 0.1) is 10.2 Å². The zero-order chi connectivity index (χ0) is 15.0. The van der Waals surface area contributed by atoms with Gasteiger partial charge in [-0.2, -0.15) is 0 Å². The van der Waals surface area contributed by atoms with E-state index in [0.29, 0.717) is 11.6 Å². The summed E-state index contributed by atoms with van der Waals surface area (Å²) >= 11 is 3.47. The lowest BCUT2D eigenvalue weighted by Crippen LogP contribution is -2.04. The van der Waals surface area contributed by atoms with Crippen LogP contribution in [0.2, 0.25) is 0 Å². The Morgan fingerprint density at radius 1 is 1.10 bits per heavy atom. The van der Waals surface area contributed by atoms with Gasteiger partial charge >= 0.3 is 0 Å². The van der Waals surface area contributed by atoms with E-state index >= 15 is 0 Å². The highest BCUT2D eigenvalue weighted by atomic mass is 79.9. The van der Waals surface area contributed by atoms with Gasteiger partial charge in [-0.05, 0) is 27.2 Å². The third-order valence-corrected chi connectivity index (χ3v) is 4.17. The molecule has 0 aliphatic rings. The Labute approximate surface area is 131 Å². The molecule has 2 N–H and O–H groups in total. The number of aromatic nitrogens is 3. The van der Waals surface area contributed by atoms with Crippen molar-refractivity contribution in [2.45, 2.75) is 19.8 Å². The van der Waals surface area contributed by atoms with Crippen LogP contribution >= 0.6 is 15.9 Å². The van der Waals surface area contributed by atoms with Gasteiger partial charge in [-0.15, -0.1) is 0 Å². The molecule has 0 unspecified atom stereocenters. The van der Waals surface area contributed by atoms with E-state index in [1.54, 1.807) is 6.20 Å². The number of pyridine rings is 1. The predicted octanol–water partition coefficient (Wildman–Crippen LogP) is 4.16. The molecule has 0 bridgehead atoms. The maximum absolute atomic E-state index is 6.02. The Morgan fingerprint density at radius 3 is 2.62 bits per heavy atom. The number of hydrogen-bond donors (Lipinski definition) is 1. The maximum Gasteiger partial charge on any atom is 0.164 e. The van der Waals surface area contributed by atoms with E-state index in [4.69, 9.17) is 5.73 Å². The molecule has 21 heavy (non-hydrogen) atoms. The first-order valence-electron chi connectivity index (χ1n) is 6.74. The molecule has 3 rings (SSSR count). The van der Waals surface area contributed by atoms with Gasteiger partial charge in [0.1, 0.15) is 5.82 Å². The lowest BCUT2D eigenvalue weighted by molar-refractivity contribution is 0.811. The minimum absolute atomic E-state index is 0.256. The van der Waals surface area contributed by atoms with Gasteiger partial charge in [-0.25, -0.2) is 9.97 Å². The van der Waals surface area contributed by atoms with Crippen LogP contribution < -0.4 is 5.73 Å². The topological polar surface area (TPSA) is 64.7 Å². The number of nitrogens with zero attached hydrogens (tertiary/aromatic N) is 3. The number of hydrogen-bond acceptors (Lipinski definition) is 4. The normalized spacial score (nSPS) is 11.2. The first-order chi connectivity index (χ1) is 10.1. The number of rotatable bonds is 2. The summed E-state index contributed by atoms with van der Waals surface area (Å²) < 4.78 is 0.773. The lowest BCUT2D eigenvalue weighted by atomic mass is 10.1. The summed E-state index contributed by atoms with van der Waals surface area (Å²) in [6.45, 7) is 4.16. The summed E-state index contributed by atoms with van der Waals surface area (Å²) in [5.41, 5.74) is 7.83. The minimum Gasteiger partial charge on any atom is -0.383 e. The summed E-state index contributed by atoms with van der Waals surface area (Å²) in [7, 11) is 0. The fourth-order valence-electron chi connectivity index (χ4n) is 2.28. The van der Waals surface area contributed by atoms with Gasteiger partial charge in [0.2, 0.25) is 0 Å². The highest BCUT2D eigenvalue weighted by Crippen LogP contribution is 2.31. The van der Waals surface area contributed by atoms with Crippen molar-refractivity contribution in [3.05, 3.63) is 46.8 Å². The van der Waals surface area contributed by atoms with E-state index in [2.05, 4.69) is 44.7 Å². The monoisotopic (exact) mass is 342 g/mol. The van der Waals surface area contributed by atoms with E-state index in [-0.39, 0.29) is 5.92 Å². The molecule has 0 radical (unpaired) electrons. The second-order valence-electron chi connectivity index (χ2n) is 5.19. The molecule has 2 heterocycles. The second kappa shape index (κ2) is 5.41. The van der Waals surface area contributed by atoms with Crippen LogP contribution in [0.3, 0.4) is 0 Å². The van der Waals surface area contributed by atoms with Crippen LogP contribution in [-0.4, -0.2) is 15.0 Å². The van der Waals surface area contributed by atoms with E-state index in [1.807, 2.05) is 30.5 Å².